The molecule has 0 aliphatic rings. The van der Waals surface area contributed by atoms with E-state index in [4.69, 9.17) is 11.6 Å². The molecular weight excluding hydrogens is 160 g/mol. The molecule has 0 aliphatic carbocycles. The molecule has 3 heteroatoms. The zero-order chi connectivity index (χ0) is 7.84. The number of hydrogen-bond donors (Lipinski definition) is 1. The van der Waals surface area contributed by atoms with Crippen LogP contribution >= 0.6 is 11.6 Å². The number of fused-ring (bicyclic) bond motifs is 1. The number of H-pyrrole nitrogens is 1. The number of nitrogens with one attached hydrogen (secondary N) is 1. The highest BCUT2D eigenvalue weighted by Crippen LogP contribution is 2.20. The minimum Gasteiger partial charge on any atom is -0.278 e. The Morgan fingerprint density at radius 1 is 1.45 bits per heavy atom. The van der Waals surface area contributed by atoms with Gasteiger partial charge in [0.2, 0.25) is 0 Å². The standard InChI is InChI=1S/C8H7ClN2/c1-5-2-6-4-10-11-8(6)3-7(5)9/h2-4H,1H3,(H,10,11). The summed E-state index contributed by atoms with van der Waals surface area (Å²) in [6.07, 6.45) is 1.79. The first-order valence-electron chi connectivity index (χ1n) is 3.36. The summed E-state index contributed by atoms with van der Waals surface area (Å²) in [5, 5.41) is 8.64. The third-order valence-electron chi connectivity index (χ3n) is 1.72. The highest BCUT2D eigenvalue weighted by Gasteiger charge is 1.99. The SMILES string of the molecule is Cc1cc2cn[nH]c2cc1Cl. The van der Waals surface area contributed by atoms with E-state index in [0.29, 0.717) is 0 Å². The van der Waals surface area contributed by atoms with E-state index in [2.05, 4.69) is 10.2 Å². The first-order valence-corrected chi connectivity index (χ1v) is 3.74. The predicted molar refractivity (Wildman–Crippen MR) is 45.8 cm³/mol. The van der Waals surface area contributed by atoms with Crippen LogP contribution in [-0.2, 0) is 0 Å². The molecule has 0 unspecified atom stereocenters. The van der Waals surface area contributed by atoms with Gasteiger partial charge < -0.3 is 0 Å². The fourth-order valence-corrected chi connectivity index (χ4v) is 1.24. The number of rotatable bonds is 0. The fourth-order valence-electron chi connectivity index (χ4n) is 1.08. The van der Waals surface area contributed by atoms with Gasteiger partial charge in [-0.1, -0.05) is 11.6 Å². The lowest BCUT2D eigenvalue weighted by atomic mass is 10.2. The van der Waals surface area contributed by atoms with Gasteiger partial charge in [-0.15, -0.1) is 0 Å². The summed E-state index contributed by atoms with van der Waals surface area (Å²) >= 11 is 5.90. The summed E-state index contributed by atoms with van der Waals surface area (Å²) in [4.78, 5) is 0. The van der Waals surface area contributed by atoms with E-state index >= 15 is 0 Å². The van der Waals surface area contributed by atoms with Crippen molar-refractivity contribution in [1.29, 1.82) is 0 Å². The zero-order valence-electron chi connectivity index (χ0n) is 6.06. The molecule has 1 aromatic heterocycles. The molecule has 11 heavy (non-hydrogen) atoms. The Balaban J connectivity index is 2.86. The van der Waals surface area contributed by atoms with Gasteiger partial charge in [0, 0.05) is 10.4 Å². The molecule has 1 heterocycles. The summed E-state index contributed by atoms with van der Waals surface area (Å²) in [5.74, 6) is 0. The molecule has 2 rings (SSSR count). The van der Waals surface area contributed by atoms with Crippen molar-refractivity contribution >= 4 is 22.5 Å². The number of hydrogen-bond acceptors (Lipinski definition) is 1. The van der Waals surface area contributed by atoms with Crippen LogP contribution in [0.4, 0.5) is 0 Å². The minimum atomic E-state index is 0.779. The zero-order valence-corrected chi connectivity index (χ0v) is 6.81. The maximum atomic E-state index is 5.90. The van der Waals surface area contributed by atoms with Crippen LogP contribution in [0.25, 0.3) is 10.9 Å². The maximum Gasteiger partial charge on any atom is 0.0665 e. The van der Waals surface area contributed by atoms with Gasteiger partial charge in [0.25, 0.3) is 0 Å². The second-order valence-corrected chi connectivity index (χ2v) is 2.97. The van der Waals surface area contributed by atoms with E-state index in [-0.39, 0.29) is 0 Å². The van der Waals surface area contributed by atoms with Crippen molar-refractivity contribution in [1.82, 2.24) is 10.2 Å². The van der Waals surface area contributed by atoms with Crippen molar-refractivity contribution in [3.63, 3.8) is 0 Å². The summed E-state index contributed by atoms with van der Waals surface area (Å²) in [6.45, 7) is 1.98. The van der Waals surface area contributed by atoms with Gasteiger partial charge in [-0.3, -0.25) is 5.10 Å². The Hall–Kier alpha value is -1.02. The van der Waals surface area contributed by atoms with Crippen LogP contribution in [0.2, 0.25) is 5.02 Å². The average molecular weight is 167 g/mol. The van der Waals surface area contributed by atoms with Crippen LogP contribution in [0, 0.1) is 6.92 Å². The Labute approximate surface area is 69.2 Å². The maximum absolute atomic E-state index is 5.90. The van der Waals surface area contributed by atoms with Gasteiger partial charge in [-0.25, -0.2) is 0 Å². The molecule has 0 atom stereocenters. The highest BCUT2D eigenvalue weighted by molar-refractivity contribution is 6.32. The van der Waals surface area contributed by atoms with Gasteiger partial charge in [0.1, 0.15) is 0 Å². The second kappa shape index (κ2) is 2.24. The second-order valence-electron chi connectivity index (χ2n) is 2.56. The van der Waals surface area contributed by atoms with Crippen molar-refractivity contribution in [2.45, 2.75) is 6.92 Å². The molecule has 0 amide bonds. The van der Waals surface area contributed by atoms with Crippen LogP contribution in [0.15, 0.2) is 18.3 Å². The lowest BCUT2D eigenvalue weighted by molar-refractivity contribution is 1.12. The molecule has 56 valence electrons. The first-order chi connectivity index (χ1) is 5.27. The van der Waals surface area contributed by atoms with Crippen LogP contribution in [0.1, 0.15) is 5.56 Å². The number of aromatic amines is 1. The summed E-state index contributed by atoms with van der Waals surface area (Å²) in [7, 11) is 0. The van der Waals surface area contributed by atoms with Crippen molar-refractivity contribution in [2.24, 2.45) is 0 Å². The van der Waals surface area contributed by atoms with E-state index in [0.717, 1.165) is 21.5 Å². The molecule has 0 aliphatic heterocycles. The largest absolute Gasteiger partial charge is 0.278 e. The molecule has 1 aromatic carbocycles. The van der Waals surface area contributed by atoms with Crippen molar-refractivity contribution in [3.8, 4) is 0 Å². The molecule has 0 saturated heterocycles. The molecule has 0 spiro atoms. The minimum absolute atomic E-state index is 0.779. The Bertz CT molecular complexity index is 356. The van der Waals surface area contributed by atoms with Gasteiger partial charge in [-0.05, 0) is 24.6 Å². The smallest absolute Gasteiger partial charge is 0.0665 e. The fraction of sp³-hybridized carbons (Fsp3) is 0.125. The lowest BCUT2D eigenvalue weighted by Gasteiger charge is -1.95. The monoisotopic (exact) mass is 166 g/mol. The first kappa shape index (κ1) is 6.68. The number of halogens is 1. The normalized spacial score (nSPS) is 10.7. The summed E-state index contributed by atoms with van der Waals surface area (Å²) < 4.78 is 0. The van der Waals surface area contributed by atoms with Gasteiger partial charge >= 0.3 is 0 Å². The third-order valence-corrected chi connectivity index (χ3v) is 2.13. The molecule has 1 N–H and O–H groups in total. The van der Waals surface area contributed by atoms with E-state index < -0.39 is 0 Å². The highest BCUT2D eigenvalue weighted by atomic mass is 35.5. The average Bonchev–Trinajstić information content (AvgIpc) is 2.36. The molecule has 2 aromatic rings. The lowest BCUT2D eigenvalue weighted by Crippen LogP contribution is -1.74. The topological polar surface area (TPSA) is 28.7 Å². The Kier molecular flexibility index (Phi) is 1.36. The van der Waals surface area contributed by atoms with Crippen molar-refractivity contribution in [2.75, 3.05) is 0 Å². The third kappa shape index (κ3) is 0.994. The van der Waals surface area contributed by atoms with Crippen molar-refractivity contribution in [3.05, 3.63) is 28.9 Å². The molecule has 0 fully saturated rings. The van der Waals surface area contributed by atoms with Crippen LogP contribution in [0.3, 0.4) is 0 Å². The molecule has 2 nitrogen and oxygen atoms in total. The number of nitrogens with zero attached hydrogens (tertiary/aromatic N) is 1. The predicted octanol–water partition coefficient (Wildman–Crippen LogP) is 2.52. The van der Waals surface area contributed by atoms with E-state index in [1.165, 1.54) is 0 Å². The van der Waals surface area contributed by atoms with Crippen LogP contribution < -0.4 is 0 Å². The quantitative estimate of drug-likeness (QED) is 0.640. The van der Waals surface area contributed by atoms with E-state index in [1.807, 2.05) is 19.1 Å². The number of benzene rings is 1. The molecular formula is C8H7ClN2. The van der Waals surface area contributed by atoms with E-state index in [1.54, 1.807) is 6.20 Å². The molecule has 0 bridgehead atoms. The van der Waals surface area contributed by atoms with E-state index in [9.17, 15) is 0 Å². The van der Waals surface area contributed by atoms with Crippen molar-refractivity contribution < 1.29 is 0 Å². The van der Waals surface area contributed by atoms with Gasteiger partial charge in [0.05, 0.1) is 11.7 Å². The number of aryl methyl sites for hydroxylation is 1. The van der Waals surface area contributed by atoms with Gasteiger partial charge in [0.15, 0.2) is 0 Å². The summed E-state index contributed by atoms with van der Waals surface area (Å²) in [5.41, 5.74) is 2.07. The van der Waals surface area contributed by atoms with Gasteiger partial charge in [-0.2, -0.15) is 5.10 Å². The Morgan fingerprint density at radius 2 is 2.27 bits per heavy atom. The van der Waals surface area contributed by atoms with Crippen LogP contribution in [0.5, 0.6) is 0 Å². The molecule has 0 saturated carbocycles. The summed E-state index contributed by atoms with van der Waals surface area (Å²) in [6, 6.07) is 3.90. The number of aromatic nitrogens is 2. The van der Waals surface area contributed by atoms with Crippen LogP contribution in [-0.4, -0.2) is 10.2 Å². The Morgan fingerprint density at radius 3 is 3.09 bits per heavy atom. The molecule has 0 radical (unpaired) electrons.